The Balaban J connectivity index is 1.66. The zero-order valence-corrected chi connectivity index (χ0v) is 14.8. The smallest absolute Gasteiger partial charge is 0.113 e. The molecule has 6 atom stereocenters. The summed E-state index contributed by atoms with van der Waals surface area (Å²) in [5.74, 6) is -0.472. The van der Waals surface area contributed by atoms with Crippen molar-refractivity contribution in [3.63, 3.8) is 0 Å². The lowest BCUT2D eigenvalue weighted by Gasteiger charge is -2.44. The number of aliphatic hydroxyl groups excluding tert-OH is 3. The molecule has 1 fully saturated rings. The molecule has 140 valence electrons. The average molecular weight is 358 g/mol. The first-order valence-electron chi connectivity index (χ1n) is 8.93. The van der Waals surface area contributed by atoms with Crippen molar-refractivity contribution in [2.75, 3.05) is 0 Å². The Bertz CT molecular complexity index is 605. The van der Waals surface area contributed by atoms with E-state index in [1.54, 1.807) is 6.92 Å². The number of rotatable bonds is 6. The second kappa shape index (κ2) is 8.75. The zero-order chi connectivity index (χ0) is 18.5. The standard InChI is InChI=1S/C21H26O5/c1-14-17(22)20(25-12-15-8-4-2-5-9-15)19(24)21(18(14)23)26-13-16-10-6-3-7-11-16/h2-11,14,17-24H,12-13H2,1H3/t14?,17-,18?,19?,20?,21-/m0/s1. The van der Waals surface area contributed by atoms with E-state index in [2.05, 4.69) is 0 Å². The van der Waals surface area contributed by atoms with Crippen LogP contribution < -0.4 is 0 Å². The molecule has 0 saturated heterocycles. The summed E-state index contributed by atoms with van der Waals surface area (Å²) in [6.45, 7) is 2.28. The molecule has 0 bridgehead atoms. The Morgan fingerprint density at radius 2 is 1.04 bits per heavy atom. The first kappa shape index (κ1) is 19.0. The second-order valence-corrected chi connectivity index (χ2v) is 6.85. The average Bonchev–Trinajstić information content (AvgIpc) is 2.68. The molecule has 0 heterocycles. The molecule has 0 spiro atoms. The Hall–Kier alpha value is -1.76. The van der Waals surface area contributed by atoms with Crippen LogP contribution in [0.2, 0.25) is 0 Å². The number of aliphatic hydroxyl groups is 3. The molecule has 3 N–H and O–H groups in total. The molecule has 3 rings (SSSR count). The molecule has 0 radical (unpaired) electrons. The zero-order valence-electron chi connectivity index (χ0n) is 14.8. The van der Waals surface area contributed by atoms with E-state index in [1.807, 2.05) is 60.7 Å². The van der Waals surface area contributed by atoms with Crippen LogP contribution in [0.25, 0.3) is 0 Å². The van der Waals surface area contributed by atoms with Crippen molar-refractivity contribution in [3.8, 4) is 0 Å². The van der Waals surface area contributed by atoms with Crippen molar-refractivity contribution in [2.45, 2.75) is 50.7 Å². The number of ether oxygens (including phenoxy) is 2. The van der Waals surface area contributed by atoms with Crippen LogP contribution in [0.4, 0.5) is 0 Å². The monoisotopic (exact) mass is 358 g/mol. The highest BCUT2D eigenvalue weighted by molar-refractivity contribution is 5.14. The van der Waals surface area contributed by atoms with Crippen LogP contribution in [-0.2, 0) is 22.7 Å². The Kier molecular flexibility index (Phi) is 6.40. The quantitative estimate of drug-likeness (QED) is 0.735. The van der Waals surface area contributed by atoms with E-state index in [4.69, 9.17) is 9.47 Å². The lowest BCUT2D eigenvalue weighted by Crippen LogP contribution is -2.61. The summed E-state index contributed by atoms with van der Waals surface area (Å²) in [6.07, 6.45) is -4.71. The molecule has 26 heavy (non-hydrogen) atoms. The van der Waals surface area contributed by atoms with Gasteiger partial charge in [-0.15, -0.1) is 0 Å². The molecule has 1 aliphatic carbocycles. The maximum Gasteiger partial charge on any atom is 0.113 e. The minimum Gasteiger partial charge on any atom is -0.390 e. The fourth-order valence-electron chi connectivity index (χ4n) is 3.32. The van der Waals surface area contributed by atoms with Crippen LogP contribution in [0.3, 0.4) is 0 Å². The SMILES string of the molecule is CC1C(O)[C@H](OCc2ccccc2)C(O)C(OCc2ccccc2)[C@H]1O. The number of hydrogen-bond acceptors (Lipinski definition) is 5. The number of hydrogen-bond donors (Lipinski definition) is 3. The highest BCUT2D eigenvalue weighted by Crippen LogP contribution is 2.31. The largest absolute Gasteiger partial charge is 0.390 e. The molecule has 1 aliphatic rings. The summed E-state index contributed by atoms with van der Waals surface area (Å²) in [4.78, 5) is 0. The highest BCUT2D eigenvalue weighted by Gasteiger charge is 2.48. The van der Waals surface area contributed by atoms with Gasteiger partial charge >= 0.3 is 0 Å². The van der Waals surface area contributed by atoms with Crippen molar-refractivity contribution in [3.05, 3.63) is 71.8 Å². The Labute approximate surface area is 153 Å². The molecule has 5 nitrogen and oxygen atoms in total. The predicted octanol–water partition coefficient (Wildman–Crippen LogP) is 1.89. The van der Waals surface area contributed by atoms with Gasteiger partial charge in [0.05, 0.1) is 25.4 Å². The molecular formula is C21H26O5. The maximum atomic E-state index is 10.7. The summed E-state index contributed by atoms with van der Waals surface area (Å²) in [6, 6.07) is 19.1. The van der Waals surface area contributed by atoms with Gasteiger partial charge in [-0.2, -0.15) is 0 Å². The summed E-state index contributed by atoms with van der Waals surface area (Å²) >= 11 is 0. The minimum absolute atomic E-state index is 0.272. The van der Waals surface area contributed by atoms with Crippen molar-refractivity contribution < 1.29 is 24.8 Å². The van der Waals surface area contributed by atoms with Gasteiger partial charge in [0.2, 0.25) is 0 Å². The van der Waals surface area contributed by atoms with Crippen LogP contribution >= 0.6 is 0 Å². The second-order valence-electron chi connectivity index (χ2n) is 6.85. The van der Waals surface area contributed by atoms with Crippen molar-refractivity contribution in [2.24, 2.45) is 5.92 Å². The summed E-state index contributed by atoms with van der Waals surface area (Å²) < 4.78 is 11.6. The van der Waals surface area contributed by atoms with Gasteiger partial charge < -0.3 is 24.8 Å². The molecule has 4 unspecified atom stereocenters. The van der Waals surface area contributed by atoms with Crippen molar-refractivity contribution in [1.82, 2.24) is 0 Å². The molecule has 0 amide bonds. The topological polar surface area (TPSA) is 79.2 Å². The molecule has 1 saturated carbocycles. The minimum atomic E-state index is -1.12. The van der Waals surface area contributed by atoms with Crippen LogP contribution in [0.1, 0.15) is 18.1 Å². The van der Waals surface area contributed by atoms with Gasteiger partial charge in [0.25, 0.3) is 0 Å². The Morgan fingerprint density at radius 1 is 0.654 bits per heavy atom. The van der Waals surface area contributed by atoms with Gasteiger partial charge in [-0.1, -0.05) is 67.6 Å². The summed E-state index contributed by atoms with van der Waals surface area (Å²) in [7, 11) is 0. The van der Waals surface area contributed by atoms with Crippen molar-refractivity contribution >= 4 is 0 Å². The third-order valence-electron chi connectivity index (χ3n) is 4.99. The van der Waals surface area contributed by atoms with Gasteiger partial charge in [-0.25, -0.2) is 0 Å². The first-order valence-corrected chi connectivity index (χ1v) is 8.93. The lowest BCUT2D eigenvalue weighted by atomic mass is 9.79. The van der Waals surface area contributed by atoms with Gasteiger partial charge in [-0.3, -0.25) is 0 Å². The van der Waals surface area contributed by atoms with Gasteiger partial charge in [0, 0.05) is 5.92 Å². The van der Waals surface area contributed by atoms with E-state index >= 15 is 0 Å². The normalized spacial score (nSPS) is 31.7. The van der Waals surface area contributed by atoms with Crippen LogP contribution in [0, 0.1) is 5.92 Å². The third-order valence-corrected chi connectivity index (χ3v) is 4.99. The Morgan fingerprint density at radius 3 is 1.42 bits per heavy atom. The van der Waals surface area contributed by atoms with Gasteiger partial charge in [0.1, 0.15) is 18.3 Å². The molecule has 0 aromatic heterocycles. The van der Waals surface area contributed by atoms with Gasteiger partial charge in [0.15, 0.2) is 0 Å². The third kappa shape index (κ3) is 4.31. The predicted molar refractivity (Wildman–Crippen MR) is 97.2 cm³/mol. The van der Waals surface area contributed by atoms with E-state index in [0.29, 0.717) is 0 Å². The van der Waals surface area contributed by atoms with Gasteiger partial charge in [-0.05, 0) is 11.1 Å². The molecule has 2 aromatic carbocycles. The van der Waals surface area contributed by atoms with Crippen LogP contribution in [-0.4, -0.2) is 45.8 Å². The van der Waals surface area contributed by atoms with Crippen LogP contribution in [0.5, 0.6) is 0 Å². The summed E-state index contributed by atoms with van der Waals surface area (Å²) in [5, 5.41) is 31.6. The fourth-order valence-corrected chi connectivity index (χ4v) is 3.32. The molecule has 0 aliphatic heterocycles. The van der Waals surface area contributed by atoms with Crippen LogP contribution in [0.15, 0.2) is 60.7 Å². The highest BCUT2D eigenvalue weighted by atomic mass is 16.5. The number of benzene rings is 2. The lowest BCUT2D eigenvalue weighted by molar-refractivity contribution is -0.232. The molecule has 2 aromatic rings. The van der Waals surface area contributed by atoms with E-state index < -0.39 is 36.4 Å². The first-order chi connectivity index (χ1) is 12.6. The van der Waals surface area contributed by atoms with E-state index in [1.165, 1.54) is 0 Å². The molecular weight excluding hydrogens is 332 g/mol. The van der Waals surface area contributed by atoms with E-state index in [-0.39, 0.29) is 13.2 Å². The van der Waals surface area contributed by atoms with E-state index in [0.717, 1.165) is 11.1 Å². The van der Waals surface area contributed by atoms with E-state index in [9.17, 15) is 15.3 Å². The maximum absolute atomic E-state index is 10.7. The summed E-state index contributed by atoms with van der Waals surface area (Å²) in [5.41, 5.74) is 1.90. The molecule has 5 heteroatoms. The van der Waals surface area contributed by atoms with Crippen molar-refractivity contribution in [1.29, 1.82) is 0 Å². The fraction of sp³-hybridized carbons (Fsp3) is 0.429.